The van der Waals surface area contributed by atoms with Crippen molar-refractivity contribution in [1.29, 1.82) is 0 Å². The fourth-order valence-electron chi connectivity index (χ4n) is 4.73. The Labute approximate surface area is 157 Å². The standard InChI is InChI=1S/C21H21N5O/c1-25(20-17-10-22-11-18(17)20)19-6-5-16-15-4-3-14(26-8-2-7-23-26)9-13(15)12-27-21(16)24-19/h2-9,17-18,20,22H,10-12H2,1H3. The van der Waals surface area contributed by atoms with Gasteiger partial charge in [-0.1, -0.05) is 6.07 Å². The highest BCUT2D eigenvalue weighted by atomic mass is 16.5. The van der Waals surface area contributed by atoms with Gasteiger partial charge in [-0.3, -0.25) is 0 Å². The quantitative estimate of drug-likeness (QED) is 0.779. The normalized spacial score (nSPS) is 24.6. The summed E-state index contributed by atoms with van der Waals surface area (Å²) in [4.78, 5) is 7.17. The first-order valence-corrected chi connectivity index (χ1v) is 9.50. The molecule has 1 saturated heterocycles. The molecule has 2 aliphatic heterocycles. The van der Waals surface area contributed by atoms with Gasteiger partial charge in [-0.15, -0.1) is 0 Å². The number of ether oxygens (including phenoxy) is 1. The summed E-state index contributed by atoms with van der Waals surface area (Å²) in [6.45, 7) is 2.80. The molecule has 2 aromatic heterocycles. The van der Waals surface area contributed by atoms with Gasteiger partial charge < -0.3 is 15.0 Å². The third kappa shape index (κ3) is 2.29. The third-order valence-electron chi connectivity index (χ3n) is 6.21. The molecule has 2 fully saturated rings. The Balaban J connectivity index is 1.32. The Kier molecular flexibility index (Phi) is 3.14. The van der Waals surface area contributed by atoms with Gasteiger partial charge in [0.25, 0.3) is 0 Å². The Bertz CT molecular complexity index is 1010. The topological polar surface area (TPSA) is 55.2 Å². The number of fused-ring (bicyclic) bond motifs is 4. The highest BCUT2D eigenvalue weighted by Crippen LogP contribution is 2.47. The number of rotatable bonds is 3. The van der Waals surface area contributed by atoms with Gasteiger partial charge in [-0.25, -0.2) is 4.68 Å². The summed E-state index contributed by atoms with van der Waals surface area (Å²) in [5, 5.41) is 7.77. The van der Waals surface area contributed by atoms with Gasteiger partial charge in [0.15, 0.2) is 0 Å². The second-order valence-corrected chi connectivity index (χ2v) is 7.69. The lowest BCUT2D eigenvalue weighted by molar-refractivity contribution is 0.290. The molecule has 6 nitrogen and oxygen atoms in total. The van der Waals surface area contributed by atoms with E-state index in [1.807, 2.05) is 16.9 Å². The van der Waals surface area contributed by atoms with Crippen molar-refractivity contribution in [2.24, 2.45) is 11.8 Å². The van der Waals surface area contributed by atoms with Crippen molar-refractivity contribution in [1.82, 2.24) is 20.1 Å². The summed E-state index contributed by atoms with van der Waals surface area (Å²) in [5.41, 5.74) is 4.48. The molecule has 1 N–H and O–H groups in total. The molecular weight excluding hydrogens is 338 g/mol. The van der Waals surface area contributed by atoms with Crippen LogP contribution in [-0.2, 0) is 6.61 Å². The van der Waals surface area contributed by atoms with Crippen LogP contribution in [0, 0.1) is 11.8 Å². The molecule has 2 atom stereocenters. The van der Waals surface area contributed by atoms with Crippen LogP contribution in [-0.4, -0.2) is 40.9 Å². The van der Waals surface area contributed by atoms with E-state index < -0.39 is 0 Å². The first-order valence-electron chi connectivity index (χ1n) is 9.50. The van der Waals surface area contributed by atoms with Gasteiger partial charge in [0, 0.05) is 44.1 Å². The number of pyridine rings is 1. The van der Waals surface area contributed by atoms with Crippen LogP contribution in [0.25, 0.3) is 16.8 Å². The van der Waals surface area contributed by atoms with Crippen LogP contribution >= 0.6 is 0 Å². The summed E-state index contributed by atoms with van der Waals surface area (Å²) >= 11 is 0. The van der Waals surface area contributed by atoms with E-state index in [1.54, 1.807) is 6.20 Å². The molecule has 3 aliphatic rings. The van der Waals surface area contributed by atoms with Gasteiger partial charge in [0.1, 0.15) is 12.4 Å². The first kappa shape index (κ1) is 15.2. The van der Waals surface area contributed by atoms with Crippen molar-refractivity contribution in [3.8, 4) is 22.7 Å². The minimum absolute atomic E-state index is 0.538. The number of anilines is 1. The molecule has 3 aromatic rings. The van der Waals surface area contributed by atoms with Gasteiger partial charge in [-0.2, -0.15) is 10.1 Å². The molecule has 0 spiro atoms. The molecule has 136 valence electrons. The number of nitrogens with one attached hydrogen (secondary N) is 1. The van der Waals surface area contributed by atoms with Crippen molar-refractivity contribution >= 4 is 5.82 Å². The molecular formula is C21H21N5O. The number of benzene rings is 1. The number of hydrogen-bond donors (Lipinski definition) is 1. The molecule has 1 aromatic carbocycles. The SMILES string of the molecule is CN(c1ccc2c(n1)OCc1cc(-n3cccn3)ccc1-2)C1C2CNCC21. The average molecular weight is 359 g/mol. The first-order chi connectivity index (χ1) is 13.3. The smallest absolute Gasteiger partial charge is 0.223 e. The molecule has 6 rings (SSSR count). The molecule has 2 unspecified atom stereocenters. The zero-order valence-electron chi connectivity index (χ0n) is 15.2. The average Bonchev–Trinajstić information content (AvgIpc) is 3.12. The van der Waals surface area contributed by atoms with Crippen molar-refractivity contribution in [2.45, 2.75) is 12.6 Å². The van der Waals surface area contributed by atoms with E-state index in [0.717, 1.165) is 47.9 Å². The van der Waals surface area contributed by atoms with Crippen LogP contribution in [0.5, 0.6) is 5.88 Å². The van der Waals surface area contributed by atoms with Crippen molar-refractivity contribution in [3.63, 3.8) is 0 Å². The highest BCUT2D eigenvalue weighted by molar-refractivity contribution is 5.75. The summed E-state index contributed by atoms with van der Waals surface area (Å²) in [6, 6.07) is 13.2. The number of piperidine rings is 1. The van der Waals surface area contributed by atoms with E-state index in [4.69, 9.17) is 9.72 Å². The van der Waals surface area contributed by atoms with E-state index in [-0.39, 0.29) is 0 Å². The van der Waals surface area contributed by atoms with Crippen LogP contribution in [0.4, 0.5) is 5.82 Å². The minimum atomic E-state index is 0.538. The largest absolute Gasteiger partial charge is 0.472 e. The summed E-state index contributed by atoms with van der Waals surface area (Å²) < 4.78 is 7.90. The van der Waals surface area contributed by atoms with Crippen molar-refractivity contribution in [3.05, 3.63) is 54.4 Å². The fourth-order valence-corrected chi connectivity index (χ4v) is 4.73. The van der Waals surface area contributed by atoms with Crippen molar-refractivity contribution in [2.75, 3.05) is 25.0 Å². The summed E-state index contributed by atoms with van der Waals surface area (Å²) in [5.74, 6) is 3.29. The van der Waals surface area contributed by atoms with Crippen LogP contribution in [0.2, 0.25) is 0 Å². The minimum Gasteiger partial charge on any atom is -0.472 e. The van der Waals surface area contributed by atoms with E-state index in [0.29, 0.717) is 12.6 Å². The van der Waals surface area contributed by atoms with Crippen molar-refractivity contribution < 1.29 is 4.74 Å². The maximum atomic E-state index is 6.03. The molecule has 4 heterocycles. The van der Waals surface area contributed by atoms with Gasteiger partial charge in [-0.05, 0) is 53.3 Å². The van der Waals surface area contributed by atoms with Gasteiger partial charge >= 0.3 is 0 Å². The molecule has 0 radical (unpaired) electrons. The summed E-state index contributed by atoms with van der Waals surface area (Å²) in [7, 11) is 2.16. The monoisotopic (exact) mass is 359 g/mol. The second kappa shape index (κ2) is 5.57. The molecule has 0 amide bonds. The predicted octanol–water partition coefficient (Wildman–Crippen LogP) is 2.48. The predicted molar refractivity (Wildman–Crippen MR) is 103 cm³/mol. The molecule has 27 heavy (non-hydrogen) atoms. The van der Waals surface area contributed by atoms with E-state index in [9.17, 15) is 0 Å². The lowest BCUT2D eigenvalue weighted by Crippen LogP contribution is -2.30. The number of aromatic nitrogens is 3. The lowest BCUT2D eigenvalue weighted by atomic mass is 9.98. The van der Waals surface area contributed by atoms with Crippen LogP contribution < -0.4 is 15.0 Å². The summed E-state index contributed by atoms with van der Waals surface area (Å²) in [6.07, 6.45) is 3.74. The maximum absolute atomic E-state index is 6.03. The Morgan fingerprint density at radius 3 is 2.81 bits per heavy atom. The molecule has 1 saturated carbocycles. The fraction of sp³-hybridized carbons (Fsp3) is 0.333. The number of hydrogen-bond acceptors (Lipinski definition) is 5. The molecule has 0 bridgehead atoms. The van der Waals surface area contributed by atoms with E-state index in [2.05, 4.69) is 52.7 Å². The van der Waals surface area contributed by atoms with Crippen LogP contribution in [0.3, 0.4) is 0 Å². The molecule has 6 heteroatoms. The highest BCUT2D eigenvalue weighted by Gasteiger charge is 2.55. The number of nitrogens with zero attached hydrogens (tertiary/aromatic N) is 4. The zero-order chi connectivity index (χ0) is 18.0. The van der Waals surface area contributed by atoms with Gasteiger partial charge in [0.05, 0.1) is 5.69 Å². The third-order valence-corrected chi connectivity index (χ3v) is 6.21. The van der Waals surface area contributed by atoms with Gasteiger partial charge in [0.2, 0.25) is 5.88 Å². The lowest BCUT2D eigenvalue weighted by Gasteiger charge is -2.25. The Morgan fingerprint density at radius 1 is 1.15 bits per heavy atom. The Morgan fingerprint density at radius 2 is 2.00 bits per heavy atom. The van der Waals surface area contributed by atoms with Crippen LogP contribution in [0.1, 0.15) is 5.56 Å². The Hall–Kier alpha value is -2.86. The van der Waals surface area contributed by atoms with E-state index in [1.165, 1.54) is 11.1 Å². The van der Waals surface area contributed by atoms with Crippen LogP contribution in [0.15, 0.2) is 48.8 Å². The maximum Gasteiger partial charge on any atom is 0.223 e. The van der Waals surface area contributed by atoms with E-state index >= 15 is 0 Å². The molecule has 1 aliphatic carbocycles. The second-order valence-electron chi connectivity index (χ2n) is 7.69. The zero-order valence-corrected chi connectivity index (χ0v) is 15.2.